The Bertz CT molecular complexity index is 520. The molecule has 4 heteroatoms. The predicted octanol–water partition coefficient (Wildman–Crippen LogP) is 2.18. The lowest BCUT2D eigenvalue weighted by Gasteiger charge is -2.36. The molecule has 0 radical (unpaired) electrons. The maximum atomic E-state index is 11.7. The highest BCUT2D eigenvalue weighted by Crippen LogP contribution is 2.33. The molecule has 1 heterocycles. The molecule has 0 spiro atoms. The summed E-state index contributed by atoms with van der Waals surface area (Å²) in [6.45, 7) is 4.81. The third-order valence-corrected chi connectivity index (χ3v) is 2.71. The number of amides is 2. The summed E-state index contributed by atoms with van der Waals surface area (Å²) in [5.41, 5.74) is 2.68. The van der Waals surface area contributed by atoms with Gasteiger partial charge in [0.05, 0.1) is 5.69 Å². The number of hydrogen-bond acceptors (Lipinski definition) is 2. The molecule has 1 aliphatic rings. The van der Waals surface area contributed by atoms with Crippen molar-refractivity contribution >= 4 is 23.1 Å². The second-order valence-corrected chi connectivity index (χ2v) is 4.02. The van der Waals surface area contributed by atoms with Crippen LogP contribution in [0.5, 0.6) is 0 Å². The summed E-state index contributed by atoms with van der Waals surface area (Å²) < 4.78 is 0. The number of carbonyl (C=O) groups is 2. The van der Waals surface area contributed by atoms with E-state index >= 15 is 0 Å². The van der Waals surface area contributed by atoms with Crippen molar-refractivity contribution in [2.24, 2.45) is 0 Å². The topological polar surface area (TPSA) is 40.6 Å². The van der Waals surface area contributed by atoms with Crippen LogP contribution in [0.15, 0.2) is 30.5 Å². The summed E-state index contributed by atoms with van der Waals surface area (Å²) in [7, 11) is 0. The Morgan fingerprint density at radius 1 is 1.06 bits per heavy atom. The van der Waals surface area contributed by atoms with Crippen LogP contribution in [0.1, 0.15) is 26.3 Å². The zero-order valence-electron chi connectivity index (χ0n) is 10.1. The van der Waals surface area contributed by atoms with Crippen molar-refractivity contribution in [3.05, 3.63) is 36.0 Å². The Morgan fingerprint density at radius 2 is 1.71 bits per heavy atom. The van der Waals surface area contributed by atoms with E-state index in [4.69, 9.17) is 0 Å². The van der Waals surface area contributed by atoms with Gasteiger partial charge in [0.15, 0.2) is 0 Å². The lowest BCUT2D eigenvalue weighted by Crippen LogP contribution is -2.47. The predicted molar refractivity (Wildman–Crippen MR) is 65.8 cm³/mol. The molecule has 0 fully saturated rings. The number of benzene rings is 1. The lowest BCUT2D eigenvalue weighted by molar-refractivity contribution is -0.131. The van der Waals surface area contributed by atoms with E-state index in [0.717, 1.165) is 16.8 Å². The molecule has 17 heavy (non-hydrogen) atoms. The highest BCUT2D eigenvalue weighted by Gasteiger charge is 2.27. The van der Waals surface area contributed by atoms with Crippen LogP contribution in [0.2, 0.25) is 0 Å². The van der Waals surface area contributed by atoms with E-state index in [1.807, 2.05) is 31.2 Å². The summed E-state index contributed by atoms with van der Waals surface area (Å²) in [6, 6.07) is 7.54. The number of fused-ring (bicyclic) bond motifs is 1. The van der Waals surface area contributed by atoms with Crippen LogP contribution in [-0.2, 0) is 9.59 Å². The van der Waals surface area contributed by atoms with Gasteiger partial charge in [-0.2, -0.15) is 0 Å². The van der Waals surface area contributed by atoms with Gasteiger partial charge in [-0.3, -0.25) is 9.59 Å². The second-order valence-electron chi connectivity index (χ2n) is 4.02. The van der Waals surface area contributed by atoms with Gasteiger partial charge in [-0.1, -0.05) is 18.2 Å². The number of nitrogens with zero attached hydrogens (tertiary/aromatic N) is 2. The first-order valence-electron chi connectivity index (χ1n) is 5.40. The zero-order valence-corrected chi connectivity index (χ0v) is 10.1. The molecule has 0 saturated carbocycles. The van der Waals surface area contributed by atoms with Gasteiger partial charge in [0, 0.05) is 25.6 Å². The van der Waals surface area contributed by atoms with Crippen LogP contribution >= 0.6 is 0 Å². The third-order valence-electron chi connectivity index (χ3n) is 2.71. The Balaban J connectivity index is 2.62. The number of para-hydroxylation sites is 1. The minimum atomic E-state index is -0.186. The Morgan fingerprint density at radius 3 is 2.29 bits per heavy atom. The molecule has 88 valence electrons. The van der Waals surface area contributed by atoms with Gasteiger partial charge in [0.2, 0.25) is 11.8 Å². The molecule has 0 unspecified atom stereocenters. The first-order valence-corrected chi connectivity index (χ1v) is 5.40. The molecule has 2 amide bonds. The standard InChI is InChI=1S/C13H14N2O2/c1-9-8-14(10(2)16)15(11(3)17)13-7-5-4-6-12(9)13/h4-8H,1-3H3. The van der Waals surface area contributed by atoms with Crippen molar-refractivity contribution < 1.29 is 9.59 Å². The largest absolute Gasteiger partial charge is 0.273 e. The highest BCUT2D eigenvalue weighted by molar-refractivity contribution is 6.00. The van der Waals surface area contributed by atoms with E-state index in [-0.39, 0.29) is 11.8 Å². The molecule has 0 bridgehead atoms. The van der Waals surface area contributed by atoms with Gasteiger partial charge in [-0.15, -0.1) is 0 Å². The van der Waals surface area contributed by atoms with E-state index in [9.17, 15) is 9.59 Å². The van der Waals surface area contributed by atoms with Crippen LogP contribution in [0.3, 0.4) is 0 Å². The number of rotatable bonds is 0. The van der Waals surface area contributed by atoms with Gasteiger partial charge >= 0.3 is 0 Å². The summed E-state index contributed by atoms with van der Waals surface area (Å²) in [4.78, 5) is 23.2. The summed E-state index contributed by atoms with van der Waals surface area (Å²) >= 11 is 0. The molecule has 0 saturated heterocycles. The number of allylic oxidation sites excluding steroid dienone is 1. The fraction of sp³-hybridized carbons (Fsp3) is 0.231. The summed E-state index contributed by atoms with van der Waals surface area (Å²) in [6.07, 6.45) is 1.69. The van der Waals surface area contributed by atoms with Gasteiger partial charge < -0.3 is 0 Å². The number of carbonyl (C=O) groups excluding carboxylic acids is 2. The van der Waals surface area contributed by atoms with E-state index in [1.54, 1.807) is 6.20 Å². The van der Waals surface area contributed by atoms with Gasteiger partial charge in [-0.05, 0) is 18.6 Å². The molecule has 1 aromatic carbocycles. The van der Waals surface area contributed by atoms with Crippen LogP contribution in [0.25, 0.3) is 5.57 Å². The summed E-state index contributed by atoms with van der Waals surface area (Å²) in [5, 5.41) is 2.74. The van der Waals surface area contributed by atoms with Crippen LogP contribution in [0, 0.1) is 0 Å². The maximum Gasteiger partial charge on any atom is 0.243 e. The maximum absolute atomic E-state index is 11.7. The van der Waals surface area contributed by atoms with Gasteiger partial charge in [0.1, 0.15) is 0 Å². The number of anilines is 1. The van der Waals surface area contributed by atoms with Crippen molar-refractivity contribution in [3.8, 4) is 0 Å². The van der Waals surface area contributed by atoms with Crippen molar-refractivity contribution in [1.29, 1.82) is 0 Å². The minimum Gasteiger partial charge on any atom is -0.273 e. The molecule has 0 aromatic heterocycles. The second kappa shape index (κ2) is 4.05. The first-order chi connectivity index (χ1) is 8.02. The third kappa shape index (κ3) is 1.82. The quantitative estimate of drug-likeness (QED) is 0.685. The SMILES string of the molecule is CC(=O)N1C=C(C)c2ccccc2N1C(C)=O. The zero-order chi connectivity index (χ0) is 12.6. The lowest BCUT2D eigenvalue weighted by atomic mass is 10.0. The van der Waals surface area contributed by atoms with Crippen LogP contribution in [0.4, 0.5) is 5.69 Å². The average Bonchev–Trinajstić information content (AvgIpc) is 2.28. The fourth-order valence-electron chi connectivity index (χ4n) is 1.97. The van der Waals surface area contributed by atoms with Gasteiger partial charge in [-0.25, -0.2) is 10.0 Å². The van der Waals surface area contributed by atoms with E-state index in [2.05, 4.69) is 0 Å². The van der Waals surface area contributed by atoms with Crippen molar-refractivity contribution in [1.82, 2.24) is 5.01 Å². The van der Waals surface area contributed by atoms with Crippen molar-refractivity contribution in [2.45, 2.75) is 20.8 Å². The van der Waals surface area contributed by atoms with Gasteiger partial charge in [0.25, 0.3) is 0 Å². The van der Waals surface area contributed by atoms with Crippen LogP contribution < -0.4 is 5.01 Å². The van der Waals surface area contributed by atoms with E-state index in [0.29, 0.717) is 0 Å². The molecule has 0 N–H and O–H groups in total. The fourth-order valence-corrected chi connectivity index (χ4v) is 1.97. The van der Waals surface area contributed by atoms with E-state index in [1.165, 1.54) is 23.9 Å². The Labute approximate surface area is 100 Å². The Kier molecular flexibility index (Phi) is 2.71. The monoisotopic (exact) mass is 230 g/mol. The molecule has 0 atom stereocenters. The number of hydrogen-bond donors (Lipinski definition) is 0. The van der Waals surface area contributed by atoms with E-state index < -0.39 is 0 Å². The summed E-state index contributed by atoms with van der Waals surface area (Å²) in [5.74, 6) is -0.370. The molecule has 4 nitrogen and oxygen atoms in total. The molecular weight excluding hydrogens is 216 g/mol. The minimum absolute atomic E-state index is 0.184. The molecule has 0 aliphatic carbocycles. The molecular formula is C13H14N2O2. The van der Waals surface area contributed by atoms with Crippen molar-refractivity contribution in [2.75, 3.05) is 5.01 Å². The number of hydrazine groups is 1. The first kappa shape index (κ1) is 11.4. The Hall–Kier alpha value is -2.10. The molecule has 1 aliphatic heterocycles. The van der Waals surface area contributed by atoms with Crippen LogP contribution in [-0.4, -0.2) is 16.8 Å². The van der Waals surface area contributed by atoms with Crippen molar-refractivity contribution in [3.63, 3.8) is 0 Å². The highest BCUT2D eigenvalue weighted by atomic mass is 16.2. The normalized spacial score (nSPS) is 14.2. The average molecular weight is 230 g/mol. The smallest absolute Gasteiger partial charge is 0.243 e. The molecule has 1 aromatic rings. The molecule has 2 rings (SSSR count).